The van der Waals surface area contributed by atoms with Crippen molar-refractivity contribution in [2.24, 2.45) is 0 Å². The molecular formula is C15H20O4. The maximum Gasteiger partial charge on any atom is 0.337 e. The van der Waals surface area contributed by atoms with Gasteiger partial charge in [-0.3, -0.25) is 0 Å². The van der Waals surface area contributed by atoms with Crippen molar-refractivity contribution < 1.29 is 19.4 Å². The third-order valence-electron chi connectivity index (χ3n) is 3.86. The topological polar surface area (TPSA) is 55.8 Å². The van der Waals surface area contributed by atoms with Gasteiger partial charge >= 0.3 is 5.97 Å². The SMILES string of the molecule is COC(=O)c1ccc(C2C[C@H](OC)CC[C@@H]2O)cc1. The molecule has 4 nitrogen and oxygen atoms in total. The van der Waals surface area contributed by atoms with Crippen LogP contribution in [0.2, 0.25) is 0 Å². The van der Waals surface area contributed by atoms with Crippen molar-refractivity contribution in [1.29, 1.82) is 0 Å². The van der Waals surface area contributed by atoms with Crippen LogP contribution in [0.4, 0.5) is 0 Å². The summed E-state index contributed by atoms with van der Waals surface area (Å²) in [5.41, 5.74) is 1.57. The van der Waals surface area contributed by atoms with Crippen LogP contribution in [0.5, 0.6) is 0 Å². The first-order valence-electron chi connectivity index (χ1n) is 6.55. The number of ether oxygens (including phenoxy) is 2. The third-order valence-corrected chi connectivity index (χ3v) is 3.86. The lowest BCUT2D eigenvalue weighted by atomic mass is 9.80. The number of carbonyl (C=O) groups excluding carboxylic acids is 1. The Morgan fingerprint density at radius 1 is 1.21 bits per heavy atom. The fourth-order valence-electron chi connectivity index (χ4n) is 2.67. The lowest BCUT2D eigenvalue weighted by Gasteiger charge is -2.32. The van der Waals surface area contributed by atoms with Gasteiger partial charge in [-0.1, -0.05) is 12.1 Å². The molecule has 1 unspecified atom stereocenters. The Hall–Kier alpha value is -1.39. The molecule has 4 heteroatoms. The summed E-state index contributed by atoms with van der Waals surface area (Å²) in [6.07, 6.45) is 2.33. The van der Waals surface area contributed by atoms with Crippen molar-refractivity contribution >= 4 is 5.97 Å². The minimum Gasteiger partial charge on any atom is -0.465 e. The first kappa shape index (κ1) is 14.0. The summed E-state index contributed by atoms with van der Waals surface area (Å²) in [6.45, 7) is 0. The van der Waals surface area contributed by atoms with E-state index in [2.05, 4.69) is 4.74 Å². The van der Waals surface area contributed by atoms with E-state index in [1.165, 1.54) is 7.11 Å². The van der Waals surface area contributed by atoms with Crippen molar-refractivity contribution in [3.05, 3.63) is 35.4 Å². The fourth-order valence-corrected chi connectivity index (χ4v) is 2.67. The second-order valence-corrected chi connectivity index (χ2v) is 4.96. The molecule has 1 fully saturated rings. The van der Waals surface area contributed by atoms with Crippen LogP contribution in [0.1, 0.15) is 41.1 Å². The van der Waals surface area contributed by atoms with Gasteiger partial charge in [0.15, 0.2) is 0 Å². The maximum absolute atomic E-state index is 11.4. The number of methoxy groups -OCH3 is 2. The Labute approximate surface area is 113 Å². The zero-order valence-corrected chi connectivity index (χ0v) is 11.3. The lowest BCUT2D eigenvalue weighted by molar-refractivity contribution is 0.00981. The second-order valence-electron chi connectivity index (χ2n) is 4.96. The number of hydrogen-bond acceptors (Lipinski definition) is 4. The van der Waals surface area contributed by atoms with Crippen LogP contribution in [-0.4, -0.2) is 37.5 Å². The first-order valence-corrected chi connectivity index (χ1v) is 6.55. The number of esters is 1. The number of rotatable bonds is 3. The second kappa shape index (κ2) is 6.17. The normalized spacial score (nSPS) is 27.0. The first-order chi connectivity index (χ1) is 9.15. The largest absolute Gasteiger partial charge is 0.465 e. The smallest absolute Gasteiger partial charge is 0.337 e. The van der Waals surface area contributed by atoms with Gasteiger partial charge in [-0.25, -0.2) is 4.79 Å². The van der Waals surface area contributed by atoms with Gasteiger partial charge in [0.1, 0.15) is 0 Å². The Balaban J connectivity index is 2.14. The van der Waals surface area contributed by atoms with E-state index < -0.39 is 0 Å². The molecule has 0 amide bonds. The molecule has 0 saturated heterocycles. The molecule has 1 N–H and O–H groups in total. The van der Waals surface area contributed by atoms with Gasteiger partial charge in [0.05, 0.1) is 24.9 Å². The van der Waals surface area contributed by atoms with Crippen LogP contribution in [0, 0.1) is 0 Å². The van der Waals surface area contributed by atoms with E-state index in [1.807, 2.05) is 12.1 Å². The number of hydrogen-bond donors (Lipinski definition) is 1. The molecule has 2 rings (SSSR count). The van der Waals surface area contributed by atoms with Crippen molar-refractivity contribution in [1.82, 2.24) is 0 Å². The van der Waals surface area contributed by atoms with Crippen molar-refractivity contribution in [3.63, 3.8) is 0 Å². The highest BCUT2D eigenvalue weighted by Crippen LogP contribution is 2.34. The van der Waals surface area contributed by atoms with Gasteiger partial charge in [-0.2, -0.15) is 0 Å². The lowest BCUT2D eigenvalue weighted by Crippen LogP contribution is -2.31. The van der Waals surface area contributed by atoms with E-state index in [0.29, 0.717) is 5.56 Å². The summed E-state index contributed by atoms with van der Waals surface area (Å²) < 4.78 is 10.1. The predicted molar refractivity (Wildman–Crippen MR) is 71.2 cm³/mol. The number of aliphatic hydroxyl groups excluding tert-OH is 1. The van der Waals surface area contributed by atoms with E-state index >= 15 is 0 Å². The minimum atomic E-state index is -0.342. The molecule has 3 atom stereocenters. The van der Waals surface area contributed by atoms with E-state index in [4.69, 9.17) is 4.74 Å². The van der Waals surface area contributed by atoms with Crippen LogP contribution < -0.4 is 0 Å². The van der Waals surface area contributed by atoms with Crippen LogP contribution in [0.25, 0.3) is 0 Å². The van der Waals surface area contributed by atoms with E-state index in [-0.39, 0.29) is 24.1 Å². The molecule has 19 heavy (non-hydrogen) atoms. The molecule has 1 aromatic rings. The van der Waals surface area contributed by atoms with Gasteiger partial charge in [-0.15, -0.1) is 0 Å². The monoisotopic (exact) mass is 264 g/mol. The third kappa shape index (κ3) is 3.14. The Morgan fingerprint density at radius 2 is 1.89 bits per heavy atom. The average molecular weight is 264 g/mol. The van der Waals surface area contributed by atoms with Crippen LogP contribution in [0.15, 0.2) is 24.3 Å². The summed E-state index contributed by atoms with van der Waals surface area (Å²) in [5.74, 6) is -0.268. The number of carbonyl (C=O) groups is 1. The molecular weight excluding hydrogens is 244 g/mol. The molecule has 0 aliphatic heterocycles. The standard InChI is InChI=1S/C15H20O4/c1-18-12-7-8-14(16)13(9-12)10-3-5-11(6-4-10)15(17)19-2/h3-6,12-14,16H,7-9H2,1-2H3/t12-,13?,14+/m1/s1. The molecule has 0 aromatic heterocycles. The van der Waals surface area contributed by atoms with E-state index in [0.717, 1.165) is 24.8 Å². The minimum absolute atomic E-state index is 0.0744. The van der Waals surface area contributed by atoms with Crippen LogP contribution >= 0.6 is 0 Å². The average Bonchev–Trinajstić information content (AvgIpc) is 2.47. The molecule has 1 aromatic carbocycles. The van der Waals surface area contributed by atoms with E-state index in [1.54, 1.807) is 19.2 Å². The zero-order chi connectivity index (χ0) is 13.8. The van der Waals surface area contributed by atoms with Gasteiger partial charge < -0.3 is 14.6 Å². The predicted octanol–water partition coefficient (Wildman–Crippen LogP) is 2.12. The van der Waals surface area contributed by atoms with Gasteiger partial charge in [0.25, 0.3) is 0 Å². The summed E-state index contributed by atoms with van der Waals surface area (Å²) in [5, 5.41) is 10.1. The highest BCUT2D eigenvalue weighted by molar-refractivity contribution is 5.89. The fraction of sp³-hybridized carbons (Fsp3) is 0.533. The molecule has 1 aliphatic rings. The maximum atomic E-state index is 11.4. The van der Waals surface area contributed by atoms with Gasteiger partial charge in [0, 0.05) is 13.0 Å². The molecule has 0 spiro atoms. The Morgan fingerprint density at radius 3 is 2.47 bits per heavy atom. The van der Waals surface area contributed by atoms with Crippen LogP contribution in [0.3, 0.4) is 0 Å². The van der Waals surface area contributed by atoms with Crippen molar-refractivity contribution in [2.75, 3.05) is 14.2 Å². The summed E-state index contributed by atoms with van der Waals surface area (Å²) >= 11 is 0. The molecule has 0 radical (unpaired) electrons. The zero-order valence-electron chi connectivity index (χ0n) is 11.3. The molecule has 1 aliphatic carbocycles. The van der Waals surface area contributed by atoms with Gasteiger partial charge in [0.2, 0.25) is 0 Å². The molecule has 104 valence electrons. The number of aliphatic hydroxyl groups is 1. The molecule has 0 heterocycles. The summed E-state index contributed by atoms with van der Waals surface area (Å²) in [4.78, 5) is 11.4. The summed E-state index contributed by atoms with van der Waals surface area (Å²) in [6, 6.07) is 7.25. The van der Waals surface area contributed by atoms with E-state index in [9.17, 15) is 9.90 Å². The highest BCUT2D eigenvalue weighted by Gasteiger charge is 2.30. The number of benzene rings is 1. The molecule has 1 saturated carbocycles. The van der Waals surface area contributed by atoms with Crippen molar-refractivity contribution in [2.45, 2.75) is 37.4 Å². The summed E-state index contributed by atoms with van der Waals surface area (Å²) in [7, 11) is 3.07. The Bertz CT molecular complexity index is 426. The Kier molecular flexibility index (Phi) is 4.56. The van der Waals surface area contributed by atoms with Crippen LogP contribution in [-0.2, 0) is 9.47 Å². The highest BCUT2D eigenvalue weighted by atomic mass is 16.5. The quantitative estimate of drug-likeness (QED) is 0.850. The van der Waals surface area contributed by atoms with Crippen molar-refractivity contribution in [3.8, 4) is 0 Å². The van der Waals surface area contributed by atoms with Gasteiger partial charge in [-0.05, 0) is 37.0 Å². The molecule has 0 bridgehead atoms.